The monoisotopic (exact) mass is 262 g/mol. The van der Waals surface area contributed by atoms with Crippen LogP contribution in [0, 0.1) is 5.92 Å². The van der Waals surface area contributed by atoms with Gasteiger partial charge < -0.3 is 15.5 Å². The Morgan fingerprint density at radius 1 is 1.58 bits per heavy atom. The second-order valence-electron chi connectivity index (χ2n) is 5.21. The molecule has 1 aromatic heterocycles. The quantitative estimate of drug-likeness (QED) is 0.844. The molecule has 0 radical (unpaired) electrons. The highest BCUT2D eigenvalue weighted by molar-refractivity contribution is 5.93. The topological polar surface area (TPSA) is 57.3 Å². The molecule has 0 aromatic carbocycles. The highest BCUT2D eigenvalue weighted by Crippen LogP contribution is 2.21. The van der Waals surface area contributed by atoms with Crippen molar-refractivity contribution in [2.45, 2.75) is 19.3 Å². The van der Waals surface area contributed by atoms with Crippen LogP contribution in [-0.4, -0.2) is 38.1 Å². The van der Waals surface area contributed by atoms with Crippen LogP contribution in [0.4, 0.5) is 11.5 Å². The Balaban J connectivity index is 1.87. The zero-order chi connectivity index (χ0) is 13.7. The molecule has 2 heterocycles. The maximum Gasteiger partial charge on any atom is 0.224 e. The van der Waals surface area contributed by atoms with Crippen LogP contribution in [0.2, 0.25) is 0 Å². The Kier molecular flexibility index (Phi) is 4.74. The third-order valence-electron chi connectivity index (χ3n) is 3.43. The molecule has 5 nitrogen and oxygen atoms in total. The van der Waals surface area contributed by atoms with Gasteiger partial charge in [0.15, 0.2) is 5.82 Å². The summed E-state index contributed by atoms with van der Waals surface area (Å²) < 4.78 is 0. The van der Waals surface area contributed by atoms with Crippen LogP contribution in [0.5, 0.6) is 0 Å². The third kappa shape index (κ3) is 3.92. The molecule has 104 valence electrons. The molecule has 2 rings (SSSR count). The first-order valence-electron chi connectivity index (χ1n) is 6.79. The van der Waals surface area contributed by atoms with Gasteiger partial charge in [-0.25, -0.2) is 4.98 Å². The molecule has 1 fully saturated rings. The minimum absolute atomic E-state index is 0.0722. The van der Waals surface area contributed by atoms with Gasteiger partial charge in [0.1, 0.15) is 0 Å². The van der Waals surface area contributed by atoms with Crippen LogP contribution >= 0.6 is 0 Å². The minimum atomic E-state index is 0.0722. The molecular weight excluding hydrogens is 240 g/mol. The van der Waals surface area contributed by atoms with E-state index in [9.17, 15) is 4.79 Å². The number of nitrogens with one attached hydrogen (secondary N) is 2. The molecule has 0 bridgehead atoms. The van der Waals surface area contributed by atoms with Crippen LogP contribution in [0.3, 0.4) is 0 Å². The van der Waals surface area contributed by atoms with Crippen LogP contribution in [0.25, 0.3) is 0 Å². The highest BCUT2D eigenvalue weighted by Gasteiger charge is 2.16. The summed E-state index contributed by atoms with van der Waals surface area (Å²) in [5.41, 5.74) is 0.780. The second kappa shape index (κ2) is 6.52. The number of carbonyl (C=O) groups is 1. The Bertz CT molecular complexity index is 427. The molecule has 2 N–H and O–H groups in total. The van der Waals surface area contributed by atoms with Gasteiger partial charge in [0.2, 0.25) is 5.91 Å². The third-order valence-corrected chi connectivity index (χ3v) is 3.43. The van der Waals surface area contributed by atoms with Crippen LogP contribution in [-0.2, 0) is 4.79 Å². The summed E-state index contributed by atoms with van der Waals surface area (Å²) >= 11 is 0. The normalized spacial score (nSPS) is 18.3. The lowest BCUT2D eigenvalue weighted by molar-refractivity contribution is -0.116. The van der Waals surface area contributed by atoms with Gasteiger partial charge in [-0.2, -0.15) is 0 Å². The van der Waals surface area contributed by atoms with E-state index in [1.165, 1.54) is 6.42 Å². The summed E-state index contributed by atoms with van der Waals surface area (Å²) in [6.07, 6.45) is 4.45. The van der Waals surface area contributed by atoms with E-state index in [2.05, 4.69) is 15.6 Å². The number of rotatable bonds is 5. The first-order valence-corrected chi connectivity index (χ1v) is 6.79. The lowest BCUT2D eigenvalue weighted by Crippen LogP contribution is -2.18. The average Bonchev–Trinajstić information content (AvgIpc) is 2.90. The van der Waals surface area contributed by atoms with Gasteiger partial charge in [-0.3, -0.25) is 4.79 Å². The van der Waals surface area contributed by atoms with E-state index in [1.54, 1.807) is 6.20 Å². The fourth-order valence-corrected chi connectivity index (χ4v) is 2.36. The first-order chi connectivity index (χ1) is 9.16. The molecule has 1 aliphatic heterocycles. The highest BCUT2D eigenvalue weighted by atomic mass is 16.1. The number of aromatic nitrogens is 1. The Morgan fingerprint density at radius 2 is 2.42 bits per heavy atom. The standard InChI is InChI=1S/C14H22N4O/c1-18(2)14-12(4-3-8-16-14)17-13(19)6-5-11-7-9-15-10-11/h3-4,8,11,15H,5-7,9-10H2,1-2H3,(H,17,19). The predicted molar refractivity (Wildman–Crippen MR) is 77.4 cm³/mol. The molecule has 5 heteroatoms. The van der Waals surface area contributed by atoms with Gasteiger partial charge >= 0.3 is 0 Å². The van der Waals surface area contributed by atoms with E-state index in [1.807, 2.05) is 31.1 Å². The molecule has 1 aliphatic rings. The molecular formula is C14H22N4O. The van der Waals surface area contributed by atoms with Crippen molar-refractivity contribution >= 4 is 17.4 Å². The maximum atomic E-state index is 12.0. The van der Waals surface area contributed by atoms with Gasteiger partial charge in [0, 0.05) is 26.7 Å². The van der Waals surface area contributed by atoms with Gasteiger partial charge in [0.05, 0.1) is 5.69 Å². The van der Waals surface area contributed by atoms with Gasteiger partial charge in [0.25, 0.3) is 0 Å². The molecule has 1 aromatic rings. The van der Waals surface area contributed by atoms with Crippen molar-refractivity contribution in [3.8, 4) is 0 Å². The van der Waals surface area contributed by atoms with Crippen LogP contribution < -0.4 is 15.5 Å². The summed E-state index contributed by atoms with van der Waals surface area (Å²) in [4.78, 5) is 18.1. The summed E-state index contributed by atoms with van der Waals surface area (Å²) in [6.45, 7) is 2.13. The largest absolute Gasteiger partial charge is 0.361 e. The lowest BCUT2D eigenvalue weighted by atomic mass is 10.0. The number of hydrogen-bond donors (Lipinski definition) is 2. The fraction of sp³-hybridized carbons (Fsp3) is 0.571. The summed E-state index contributed by atoms with van der Waals surface area (Å²) in [5.74, 6) is 1.51. The zero-order valence-corrected chi connectivity index (χ0v) is 11.6. The predicted octanol–water partition coefficient (Wildman–Crippen LogP) is 1.48. The van der Waals surface area contributed by atoms with Crippen molar-refractivity contribution in [1.82, 2.24) is 10.3 Å². The van der Waals surface area contributed by atoms with E-state index < -0.39 is 0 Å². The van der Waals surface area contributed by atoms with Crippen molar-refractivity contribution in [3.05, 3.63) is 18.3 Å². The van der Waals surface area contributed by atoms with Crippen molar-refractivity contribution in [1.29, 1.82) is 0 Å². The zero-order valence-electron chi connectivity index (χ0n) is 11.6. The van der Waals surface area contributed by atoms with Gasteiger partial charge in [-0.05, 0) is 44.0 Å². The average molecular weight is 262 g/mol. The SMILES string of the molecule is CN(C)c1ncccc1NC(=O)CCC1CCNC1. The lowest BCUT2D eigenvalue weighted by Gasteiger charge is -2.16. The second-order valence-corrected chi connectivity index (χ2v) is 5.21. The number of amides is 1. The van der Waals surface area contributed by atoms with Crippen molar-refractivity contribution in [2.75, 3.05) is 37.4 Å². The molecule has 0 saturated carbocycles. The molecule has 19 heavy (non-hydrogen) atoms. The smallest absolute Gasteiger partial charge is 0.224 e. The van der Waals surface area contributed by atoms with Crippen LogP contribution in [0.15, 0.2) is 18.3 Å². The molecule has 1 atom stereocenters. The summed E-state index contributed by atoms with van der Waals surface area (Å²) in [7, 11) is 3.84. The molecule has 1 unspecified atom stereocenters. The van der Waals surface area contributed by atoms with Crippen molar-refractivity contribution in [3.63, 3.8) is 0 Å². The molecule has 1 saturated heterocycles. The number of pyridine rings is 1. The Labute approximate surface area is 114 Å². The number of hydrogen-bond acceptors (Lipinski definition) is 4. The van der Waals surface area contributed by atoms with Gasteiger partial charge in [-0.15, -0.1) is 0 Å². The minimum Gasteiger partial charge on any atom is -0.361 e. The van der Waals surface area contributed by atoms with E-state index in [0.29, 0.717) is 12.3 Å². The van der Waals surface area contributed by atoms with E-state index in [0.717, 1.165) is 31.0 Å². The summed E-state index contributed by atoms with van der Waals surface area (Å²) in [5, 5.41) is 6.27. The Hall–Kier alpha value is -1.62. The first kappa shape index (κ1) is 13.8. The van der Waals surface area contributed by atoms with E-state index in [4.69, 9.17) is 0 Å². The summed E-state index contributed by atoms with van der Waals surface area (Å²) in [6, 6.07) is 3.72. The number of carbonyl (C=O) groups excluding carboxylic acids is 1. The maximum absolute atomic E-state index is 12.0. The number of nitrogens with zero attached hydrogens (tertiary/aromatic N) is 2. The van der Waals surface area contributed by atoms with Gasteiger partial charge in [-0.1, -0.05) is 0 Å². The van der Waals surface area contributed by atoms with Crippen LogP contribution in [0.1, 0.15) is 19.3 Å². The molecule has 0 aliphatic carbocycles. The molecule has 0 spiro atoms. The molecule has 1 amide bonds. The number of anilines is 2. The van der Waals surface area contributed by atoms with Crippen molar-refractivity contribution in [2.24, 2.45) is 5.92 Å². The van der Waals surface area contributed by atoms with E-state index >= 15 is 0 Å². The fourth-order valence-electron chi connectivity index (χ4n) is 2.36. The Morgan fingerprint density at radius 3 is 3.11 bits per heavy atom. The van der Waals surface area contributed by atoms with E-state index in [-0.39, 0.29) is 5.91 Å². The van der Waals surface area contributed by atoms with Crippen molar-refractivity contribution < 1.29 is 4.79 Å².